The fourth-order valence-corrected chi connectivity index (χ4v) is 5.68. The van der Waals surface area contributed by atoms with Crippen molar-refractivity contribution in [3.05, 3.63) is 83.9 Å². The van der Waals surface area contributed by atoms with Crippen molar-refractivity contribution in [3.8, 4) is 23.0 Å². The van der Waals surface area contributed by atoms with Crippen LogP contribution in [0.2, 0.25) is 0 Å². The Kier molecular flexibility index (Phi) is 13.9. The van der Waals surface area contributed by atoms with Gasteiger partial charge in [0.25, 0.3) is 0 Å². The Hall–Kier alpha value is -4.37. The van der Waals surface area contributed by atoms with Crippen LogP contribution in [-0.2, 0) is 14.3 Å². The molecule has 2 atom stereocenters. The summed E-state index contributed by atoms with van der Waals surface area (Å²) in [7, 11) is 0. The molecule has 1 aliphatic heterocycles. The molecule has 0 spiro atoms. The van der Waals surface area contributed by atoms with Crippen molar-refractivity contribution in [2.45, 2.75) is 73.6 Å². The second kappa shape index (κ2) is 18.0. The SMILES string of the molecule is CCC(C)CC(C(=O)OCCOc1ccc(C(=O)Oc2ccc(OC(=O)c3ccc(OCC4(CC)COC4)cc3)cc2)cc1)C(C)(CC)CC. The van der Waals surface area contributed by atoms with Crippen LogP contribution in [0.3, 0.4) is 0 Å². The van der Waals surface area contributed by atoms with E-state index in [4.69, 9.17) is 28.4 Å². The van der Waals surface area contributed by atoms with E-state index in [0.29, 0.717) is 59.9 Å². The van der Waals surface area contributed by atoms with Gasteiger partial charge < -0.3 is 28.4 Å². The number of hydrogen-bond acceptors (Lipinski definition) is 9. The standard InChI is InChI=1S/C41H52O9/c1-7-29(5)25-36(40(6,8-2)9-3)39(44)47-24-23-46-32-15-11-30(12-16-32)37(42)49-34-19-21-35(22-20-34)50-38(43)31-13-17-33(18-14-31)48-28-41(10-4)26-45-27-41/h11-22,29,36H,7-10,23-28H2,1-6H3. The molecular formula is C41H52O9. The zero-order valence-electron chi connectivity index (χ0n) is 30.3. The molecule has 50 heavy (non-hydrogen) atoms. The smallest absolute Gasteiger partial charge is 0.343 e. The van der Waals surface area contributed by atoms with Gasteiger partial charge in [-0.2, -0.15) is 0 Å². The number of benzene rings is 3. The molecule has 0 amide bonds. The normalized spacial score (nSPS) is 14.8. The van der Waals surface area contributed by atoms with Crippen LogP contribution in [0.25, 0.3) is 0 Å². The molecule has 4 rings (SSSR count). The molecule has 0 saturated carbocycles. The Bertz CT molecular complexity index is 1520. The molecule has 9 heteroatoms. The minimum atomic E-state index is -0.547. The van der Waals surface area contributed by atoms with Gasteiger partial charge in [0.1, 0.15) is 36.2 Å². The van der Waals surface area contributed by atoms with Crippen molar-refractivity contribution in [3.63, 3.8) is 0 Å². The summed E-state index contributed by atoms with van der Waals surface area (Å²) in [5, 5.41) is 0. The maximum Gasteiger partial charge on any atom is 0.343 e. The van der Waals surface area contributed by atoms with Gasteiger partial charge in [-0.1, -0.05) is 48.0 Å². The average molecular weight is 689 g/mol. The zero-order chi connectivity index (χ0) is 36.1. The summed E-state index contributed by atoms with van der Waals surface area (Å²) < 4.78 is 33.6. The summed E-state index contributed by atoms with van der Waals surface area (Å²) in [6.45, 7) is 15.2. The predicted molar refractivity (Wildman–Crippen MR) is 191 cm³/mol. The predicted octanol–water partition coefficient (Wildman–Crippen LogP) is 8.73. The Morgan fingerprint density at radius 3 is 1.62 bits per heavy atom. The van der Waals surface area contributed by atoms with Crippen molar-refractivity contribution in [2.24, 2.45) is 22.7 Å². The molecule has 1 fully saturated rings. The van der Waals surface area contributed by atoms with Gasteiger partial charge in [-0.3, -0.25) is 4.79 Å². The topological polar surface area (TPSA) is 107 Å². The van der Waals surface area contributed by atoms with E-state index in [9.17, 15) is 14.4 Å². The summed E-state index contributed by atoms with van der Waals surface area (Å²) in [5.41, 5.74) is 0.689. The van der Waals surface area contributed by atoms with Crippen LogP contribution in [0.4, 0.5) is 0 Å². The number of carbonyl (C=O) groups is 3. The number of hydrogen-bond donors (Lipinski definition) is 0. The van der Waals surface area contributed by atoms with Gasteiger partial charge >= 0.3 is 17.9 Å². The van der Waals surface area contributed by atoms with Crippen molar-refractivity contribution in [1.29, 1.82) is 0 Å². The third-order valence-electron chi connectivity index (χ3n) is 10.2. The number of esters is 3. The molecule has 1 heterocycles. The van der Waals surface area contributed by atoms with Crippen molar-refractivity contribution in [2.75, 3.05) is 33.0 Å². The maximum absolute atomic E-state index is 13.1. The van der Waals surface area contributed by atoms with Gasteiger partial charge in [0.15, 0.2) is 0 Å². The van der Waals surface area contributed by atoms with Gasteiger partial charge in [0.2, 0.25) is 0 Å². The van der Waals surface area contributed by atoms with Gasteiger partial charge in [0, 0.05) is 0 Å². The van der Waals surface area contributed by atoms with Crippen LogP contribution in [-0.4, -0.2) is 50.9 Å². The van der Waals surface area contributed by atoms with Gasteiger partial charge in [-0.25, -0.2) is 9.59 Å². The molecule has 3 aromatic carbocycles. The van der Waals surface area contributed by atoms with E-state index in [0.717, 1.165) is 32.1 Å². The fraction of sp³-hybridized carbons (Fsp3) is 0.488. The quantitative estimate of drug-likeness (QED) is 0.0694. The fourth-order valence-electron chi connectivity index (χ4n) is 5.68. The Balaban J connectivity index is 1.20. The maximum atomic E-state index is 13.1. The molecule has 3 aromatic rings. The monoisotopic (exact) mass is 688 g/mol. The average Bonchev–Trinajstić information content (AvgIpc) is 3.12. The highest BCUT2D eigenvalue weighted by Gasteiger charge is 2.38. The largest absolute Gasteiger partial charge is 0.493 e. The van der Waals surface area contributed by atoms with Crippen LogP contribution < -0.4 is 18.9 Å². The molecule has 9 nitrogen and oxygen atoms in total. The van der Waals surface area contributed by atoms with Crippen LogP contribution >= 0.6 is 0 Å². The summed E-state index contributed by atoms with van der Waals surface area (Å²) in [6, 6.07) is 19.6. The molecule has 2 unspecified atom stereocenters. The summed E-state index contributed by atoms with van der Waals surface area (Å²) in [4.78, 5) is 38.5. The third-order valence-corrected chi connectivity index (χ3v) is 10.2. The van der Waals surface area contributed by atoms with E-state index in [-0.39, 0.29) is 35.9 Å². The second-order valence-corrected chi connectivity index (χ2v) is 13.6. The lowest BCUT2D eigenvalue weighted by molar-refractivity contribution is -0.155. The van der Waals surface area contributed by atoms with Crippen molar-refractivity contribution >= 4 is 17.9 Å². The number of carbonyl (C=O) groups excluding carboxylic acids is 3. The molecule has 270 valence electrons. The van der Waals surface area contributed by atoms with Crippen LogP contribution in [0.1, 0.15) is 94.4 Å². The molecule has 1 saturated heterocycles. The van der Waals surface area contributed by atoms with Crippen molar-refractivity contribution in [1.82, 2.24) is 0 Å². The molecular weight excluding hydrogens is 636 g/mol. The highest BCUT2D eigenvalue weighted by molar-refractivity contribution is 5.92. The lowest BCUT2D eigenvalue weighted by Gasteiger charge is -2.40. The molecule has 0 bridgehead atoms. The summed E-state index contributed by atoms with van der Waals surface area (Å²) in [6.07, 6.45) is 4.64. The lowest BCUT2D eigenvalue weighted by atomic mass is 9.69. The first kappa shape index (κ1) is 38.4. The van der Waals surface area contributed by atoms with Crippen LogP contribution in [0, 0.1) is 22.7 Å². The first-order chi connectivity index (χ1) is 24.0. The summed E-state index contributed by atoms with van der Waals surface area (Å²) >= 11 is 0. The number of ether oxygens (including phenoxy) is 6. The Morgan fingerprint density at radius 2 is 1.20 bits per heavy atom. The van der Waals surface area contributed by atoms with Gasteiger partial charge in [0.05, 0.1) is 42.3 Å². The third kappa shape index (κ3) is 10.3. The van der Waals surface area contributed by atoms with E-state index < -0.39 is 11.9 Å². The van der Waals surface area contributed by atoms with Crippen LogP contribution in [0.5, 0.6) is 23.0 Å². The Labute approximate surface area is 296 Å². The first-order valence-electron chi connectivity index (χ1n) is 17.8. The molecule has 1 aliphatic rings. The minimum Gasteiger partial charge on any atom is -0.493 e. The van der Waals surface area contributed by atoms with Crippen molar-refractivity contribution < 1.29 is 42.8 Å². The van der Waals surface area contributed by atoms with E-state index in [2.05, 4.69) is 41.5 Å². The van der Waals surface area contributed by atoms with E-state index in [1.165, 1.54) is 0 Å². The van der Waals surface area contributed by atoms with Crippen LogP contribution in [0.15, 0.2) is 72.8 Å². The lowest BCUT2D eigenvalue weighted by Crippen LogP contribution is -2.46. The molecule has 0 aromatic heterocycles. The zero-order valence-corrected chi connectivity index (χ0v) is 30.3. The first-order valence-corrected chi connectivity index (χ1v) is 17.8. The highest BCUT2D eigenvalue weighted by atomic mass is 16.6. The second-order valence-electron chi connectivity index (χ2n) is 13.6. The molecule has 0 aliphatic carbocycles. The minimum absolute atomic E-state index is 0.0700. The number of rotatable bonds is 19. The van der Waals surface area contributed by atoms with E-state index >= 15 is 0 Å². The van der Waals surface area contributed by atoms with E-state index in [1.807, 2.05) is 0 Å². The van der Waals surface area contributed by atoms with E-state index in [1.54, 1.807) is 72.8 Å². The Morgan fingerprint density at radius 1 is 0.720 bits per heavy atom. The highest BCUT2D eigenvalue weighted by Crippen LogP contribution is 2.40. The summed E-state index contributed by atoms with van der Waals surface area (Å²) in [5.74, 6) is 0.901. The molecule has 0 radical (unpaired) electrons. The van der Waals surface area contributed by atoms with Gasteiger partial charge in [-0.15, -0.1) is 0 Å². The van der Waals surface area contributed by atoms with Gasteiger partial charge in [-0.05, 0) is 110 Å². The molecule has 0 N–H and O–H groups in total.